The Labute approximate surface area is 110 Å². The molecule has 0 aromatic heterocycles. The molecule has 104 valence electrons. The number of nitrogens with zero attached hydrogens (tertiary/aromatic N) is 1. The summed E-state index contributed by atoms with van der Waals surface area (Å²) < 4.78 is 0. The lowest BCUT2D eigenvalue weighted by atomic mass is 10.1. The van der Waals surface area contributed by atoms with Crippen molar-refractivity contribution in [3.63, 3.8) is 0 Å². The van der Waals surface area contributed by atoms with Crippen LogP contribution in [-0.2, 0) is 4.79 Å². The highest BCUT2D eigenvalue weighted by atomic mass is 16.2. The van der Waals surface area contributed by atoms with E-state index in [1.54, 1.807) is 0 Å². The van der Waals surface area contributed by atoms with E-state index in [1.165, 1.54) is 38.5 Å². The Kier molecular flexibility index (Phi) is 5.01. The molecule has 0 heterocycles. The fraction of sp³-hybridized carbons (Fsp3) is 0.929. The third-order valence-corrected chi connectivity index (χ3v) is 4.33. The third-order valence-electron chi connectivity index (χ3n) is 4.33. The monoisotopic (exact) mass is 253 g/mol. The molecular weight excluding hydrogens is 226 g/mol. The molecule has 0 spiro atoms. The average molecular weight is 253 g/mol. The Balaban J connectivity index is 1.57. The quantitative estimate of drug-likeness (QED) is 0.714. The van der Waals surface area contributed by atoms with Crippen LogP contribution in [-0.4, -0.2) is 43.0 Å². The summed E-state index contributed by atoms with van der Waals surface area (Å²) in [5, 5.41) is 2.96. The van der Waals surface area contributed by atoms with Crippen molar-refractivity contribution in [1.29, 1.82) is 0 Å². The molecule has 3 N–H and O–H groups in total. The first kappa shape index (κ1) is 13.8. The van der Waals surface area contributed by atoms with E-state index in [-0.39, 0.29) is 11.9 Å². The second-order valence-corrected chi connectivity index (χ2v) is 6.00. The maximum absolute atomic E-state index is 11.8. The van der Waals surface area contributed by atoms with Gasteiger partial charge in [0, 0.05) is 19.1 Å². The molecular formula is C14H27N3O. The van der Waals surface area contributed by atoms with E-state index in [0.717, 1.165) is 25.6 Å². The lowest BCUT2D eigenvalue weighted by molar-refractivity contribution is -0.122. The van der Waals surface area contributed by atoms with Crippen molar-refractivity contribution in [3.8, 4) is 0 Å². The molecule has 2 aliphatic rings. The first-order valence-electron chi connectivity index (χ1n) is 7.40. The number of likely N-dealkylation sites (N-methyl/N-ethyl adjacent to an activating group) is 1. The van der Waals surface area contributed by atoms with Crippen LogP contribution in [0.15, 0.2) is 0 Å². The van der Waals surface area contributed by atoms with Crippen molar-refractivity contribution in [2.45, 2.75) is 57.0 Å². The fourth-order valence-corrected chi connectivity index (χ4v) is 2.83. The molecule has 0 radical (unpaired) electrons. The predicted molar refractivity (Wildman–Crippen MR) is 73.2 cm³/mol. The van der Waals surface area contributed by atoms with E-state index >= 15 is 0 Å². The summed E-state index contributed by atoms with van der Waals surface area (Å²) in [6.07, 6.45) is 8.71. The van der Waals surface area contributed by atoms with Crippen LogP contribution in [0.5, 0.6) is 0 Å². The SMILES string of the molecule is CN(CCNC(=O)C(N)CC1CC1)C1CCCC1. The van der Waals surface area contributed by atoms with E-state index in [2.05, 4.69) is 17.3 Å². The Morgan fingerprint density at radius 3 is 2.61 bits per heavy atom. The molecule has 0 aliphatic heterocycles. The molecule has 1 amide bonds. The molecule has 2 rings (SSSR count). The van der Waals surface area contributed by atoms with Gasteiger partial charge >= 0.3 is 0 Å². The second kappa shape index (κ2) is 6.53. The summed E-state index contributed by atoms with van der Waals surface area (Å²) in [5.74, 6) is 0.744. The lowest BCUT2D eigenvalue weighted by Gasteiger charge is -2.24. The first-order chi connectivity index (χ1) is 8.66. The largest absolute Gasteiger partial charge is 0.353 e. The number of nitrogens with one attached hydrogen (secondary N) is 1. The van der Waals surface area contributed by atoms with Crippen LogP contribution >= 0.6 is 0 Å². The average Bonchev–Trinajstić information content (AvgIpc) is 2.98. The topological polar surface area (TPSA) is 58.4 Å². The van der Waals surface area contributed by atoms with Crippen molar-refractivity contribution in [3.05, 3.63) is 0 Å². The van der Waals surface area contributed by atoms with Crippen LogP contribution in [0, 0.1) is 5.92 Å². The first-order valence-corrected chi connectivity index (χ1v) is 7.40. The summed E-state index contributed by atoms with van der Waals surface area (Å²) in [5.41, 5.74) is 5.87. The van der Waals surface area contributed by atoms with Crippen LogP contribution < -0.4 is 11.1 Å². The van der Waals surface area contributed by atoms with Gasteiger partial charge in [-0.05, 0) is 32.2 Å². The minimum absolute atomic E-state index is 0.0294. The van der Waals surface area contributed by atoms with Gasteiger partial charge in [-0.2, -0.15) is 0 Å². The van der Waals surface area contributed by atoms with Gasteiger partial charge in [-0.15, -0.1) is 0 Å². The van der Waals surface area contributed by atoms with Crippen molar-refractivity contribution >= 4 is 5.91 Å². The van der Waals surface area contributed by atoms with Crippen LogP contribution in [0.2, 0.25) is 0 Å². The van der Waals surface area contributed by atoms with Gasteiger partial charge in [0.15, 0.2) is 0 Å². The standard InChI is InChI=1S/C14H27N3O/c1-17(12-4-2-3-5-12)9-8-16-14(18)13(15)10-11-6-7-11/h11-13H,2-10,15H2,1H3,(H,16,18). The molecule has 0 saturated heterocycles. The number of carbonyl (C=O) groups excluding carboxylic acids is 1. The Morgan fingerprint density at radius 1 is 1.33 bits per heavy atom. The van der Waals surface area contributed by atoms with Crippen molar-refractivity contribution in [2.75, 3.05) is 20.1 Å². The number of nitrogens with two attached hydrogens (primary N) is 1. The molecule has 2 aliphatic carbocycles. The lowest BCUT2D eigenvalue weighted by Crippen LogP contribution is -2.44. The number of hydrogen-bond acceptors (Lipinski definition) is 3. The molecule has 1 unspecified atom stereocenters. The number of rotatable bonds is 7. The summed E-state index contributed by atoms with van der Waals surface area (Å²) in [6, 6.07) is 0.427. The van der Waals surface area contributed by atoms with Gasteiger partial charge in [0.1, 0.15) is 0 Å². The van der Waals surface area contributed by atoms with Crippen molar-refractivity contribution < 1.29 is 4.79 Å². The molecule has 0 aromatic carbocycles. The molecule has 0 aromatic rings. The van der Waals surface area contributed by atoms with E-state index in [4.69, 9.17) is 5.73 Å². The second-order valence-electron chi connectivity index (χ2n) is 6.00. The van der Waals surface area contributed by atoms with Gasteiger partial charge in [0.2, 0.25) is 5.91 Å². The van der Waals surface area contributed by atoms with E-state index in [9.17, 15) is 4.79 Å². The van der Waals surface area contributed by atoms with Gasteiger partial charge in [-0.3, -0.25) is 4.79 Å². The van der Waals surface area contributed by atoms with Crippen LogP contribution in [0.1, 0.15) is 44.9 Å². The van der Waals surface area contributed by atoms with Crippen molar-refractivity contribution in [1.82, 2.24) is 10.2 Å². The Bertz CT molecular complexity index is 272. The van der Waals surface area contributed by atoms with E-state index in [0.29, 0.717) is 5.92 Å². The predicted octanol–water partition coefficient (Wildman–Crippen LogP) is 1.10. The molecule has 4 heteroatoms. The Hall–Kier alpha value is -0.610. The van der Waals surface area contributed by atoms with Crippen LogP contribution in [0.3, 0.4) is 0 Å². The van der Waals surface area contributed by atoms with Gasteiger partial charge in [0.05, 0.1) is 6.04 Å². The number of carbonyl (C=O) groups is 1. The summed E-state index contributed by atoms with van der Waals surface area (Å²) in [6.45, 7) is 1.66. The molecule has 1 atom stereocenters. The highest BCUT2D eigenvalue weighted by Crippen LogP contribution is 2.33. The van der Waals surface area contributed by atoms with Gasteiger partial charge in [-0.1, -0.05) is 25.7 Å². The molecule has 0 bridgehead atoms. The zero-order valence-corrected chi connectivity index (χ0v) is 11.5. The van der Waals surface area contributed by atoms with Gasteiger partial charge in [0.25, 0.3) is 0 Å². The smallest absolute Gasteiger partial charge is 0.236 e. The van der Waals surface area contributed by atoms with Crippen LogP contribution in [0.25, 0.3) is 0 Å². The van der Waals surface area contributed by atoms with Crippen molar-refractivity contribution in [2.24, 2.45) is 11.7 Å². The van der Waals surface area contributed by atoms with Gasteiger partial charge < -0.3 is 16.0 Å². The molecule has 4 nitrogen and oxygen atoms in total. The third kappa shape index (κ3) is 4.25. The van der Waals surface area contributed by atoms with Gasteiger partial charge in [-0.25, -0.2) is 0 Å². The van der Waals surface area contributed by atoms with E-state index < -0.39 is 0 Å². The number of hydrogen-bond donors (Lipinski definition) is 2. The minimum Gasteiger partial charge on any atom is -0.353 e. The molecule has 2 fully saturated rings. The van der Waals surface area contributed by atoms with E-state index in [1.807, 2.05) is 0 Å². The zero-order chi connectivity index (χ0) is 13.0. The normalized spacial score (nSPS) is 22.4. The highest BCUT2D eigenvalue weighted by molar-refractivity contribution is 5.81. The minimum atomic E-state index is -0.297. The molecule has 2 saturated carbocycles. The number of amides is 1. The maximum atomic E-state index is 11.8. The highest BCUT2D eigenvalue weighted by Gasteiger charge is 2.27. The maximum Gasteiger partial charge on any atom is 0.236 e. The summed E-state index contributed by atoms with van der Waals surface area (Å²) >= 11 is 0. The van der Waals surface area contributed by atoms with Crippen LogP contribution in [0.4, 0.5) is 0 Å². The summed E-state index contributed by atoms with van der Waals surface area (Å²) in [4.78, 5) is 14.1. The Morgan fingerprint density at radius 2 is 2.00 bits per heavy atom. The fourth-order valence-electron chi connectivity index (χ4n) is 2.83. The summed E-state index contributed by atoms with van der Waals surface area (Å²) in [7, 11) is 2.16. The zero-order valence-electron chi connectivity index (χ0n) is 11.5. The molecule has 18 heavy (non-hydrogen) atoms.